The Labute approximate surface area is 159 Å². The number of amides is 1. The van der Waals surface area contributed by atoms with Crippen molar-refractivity contribution in [2.45, 2.75) is 17.0 Å². The van der Waals surface area contributed by atoms with Gasteiger partial charge in [-0.05, 0) is 35.9 Å². The fourth-order valence-corrected chi connectivity index (χ4v) is 3.87. The van der Waals surface area contributed by atoms with Gasteiger partial charge in [0.1, 0.15) is 0 Å². The Hall–Kier alpha value is -2.89. The largest absolute Gasteiger partial charge is 0.330 e. The molecule has 1 amide bonds. The molecule has 3 aromatic rings. The zero-order valence-corrected chi connectivity index (χ0v) is 15.5. The van der Waals surface area contributed by atoms with Crippen LogP contribution in [0.5, 0.6) is 0 Å². The van der Waals surface area contributed by atoms with Crippen LogP contribution in [0.15, 0.2) is 52.9 Å². The molecule has 0 unspecified atom stereocenters. The van der Waals surface area contributed by atoms with Crippen LogP contribution < -0.4 is 10.6 Å². The van der Waals surface area contributed by atoms with E-state index in [1.54, 1.807) is 11.8 Å². The van der Waals surface area contributed by atoms with Gasteiger partial charge in [0.05, 0.1) is 11.6 Å². The number of anilines is 3. The van der Waals surface area contributed by atoms with Gasteiger partial charge < -0.3 is 10.6 Å². The first kappa shape index (κ1) is 17.9. The molecule has 0 saturated heterocycles. The second kappa shape index (κ2) is 8.47. The first-order chi connectivity index (χ1) is 12.6. The monoisotopic (exact) mass is 381 g/mol. The number of hydrogen-bond acceptors (Lipinski definition) is 7. The normalized spacial score (nSPS) is 10.2. The third kappa shape index (κ3) is 5.05. The van der Waals surface area contributed by atoms with Gasteiger partial charge in [-0.3, -0.25) is 4.79 Å². The van der Waals surface area contributed by atoms with E-state index >= 15 is 0 Å². The van der Waals surface area contributed by atoms with Gasteiger partial charge in [-0.2, -0.15) is 5.26 Å². The van der Waals surface area contributed by atoms with Crippen molar-refractivity contribution < 1.29 is 4.79 Å². The molecule has 130 valence electrons. The molecular weight excluding hydrogens is 366 g/mol. The number of rotatable bonds is 6. The molecule has 0 aliphatic heterocycles. The Balaban J connectivity index is 1.59. The Kier molecular flexibility index (Phi) is 5.84. The summed E-state index contributed by atoms with van der Waals surface area (Å²) in [5.41, 5.74) is 3.34. The van der Waals surface area contributed by atoms with Crippen LogP contribution in [-0.2, 0) is 10.5 Å². The van der Waals surface area contributed by atoms with E-state index in [1.807, 2.05) is 48.5 Å². The highest BCUT2D eigenvalue weighted by Gasteiger charge is 2.06. The maximum absolute atomic E-state index is 11.1. The maximum atomic E-state index is 11.1. The number of nitrogens with one attached hydrogen (secondary N) is 2. The topological polar surface area (TPSA) is 90.7 Å². The number of benzene rings is 2. The molecular formula is C18H15N5OS2. The van der Waals surface area contributed by atoms with Crippen LogP contribution >= 0.6 is 23.1 Å². The van der Waals surface area contributed by atoms with Crippen molar-refractivity contribution in [2.75, 3.05) is 10.6 Å². The molecule has 1 heterocycles. The van der Waals surface area contributed by atoms with Crippen molar-refractivity contribution in [1.29, 1.82) is 5.26 Å². The lowest BCUT2D eigenvalue weighted by Crippen LogP contribution is -2.05. The molecule has 0 spiro atoms. The number of thioether (sulfide) groups is 1. The van der Waals surface area contributed by atoms with Crippen LogP contribution in [0.1, 0.15) is 18.1 Å². The third-order valence-corrected chi connectivity index (χ3v) is 5.33. The van der Waals surface area contributed by atoms with Crippen molar-refractivity contribution in [3.63, 3.8) is 0 Å². The standard InChI is InChI=1S/C18H15N5OS2/c1-12(24)20-15-3-2-4-16(9-15)21-17-22-23-18(26-17)25-11-14-7-5-13(10-19)6-8-14/h2-9H,11H2,1H3,(H,20,24)(H,21,22). The van der Waals surface area contributed by atoms with Crippen molar-refractivity contribution in [3.05, 3.63) is 59.7 Å². The highest BCUT2D eigenvalue weighted by molar-refractivity contribution is 8.00. The van der Waals surface area contributed by atoms with E-state index in [0.29, 0.717) is 10.7 Å². The predicted octanol–water partition coefficient (Wildman–Crippen LogP) is 4.40. The molecule has 0 bridgehead atoms. The lowest BCUT2D eigenvalue weighted by Gasteiger charge is -2.05. The highest BCUT2D eigenvalue weighted by Crippen LogP contribution is 2.30. The second-order valence-electron chi connectivity index (χ2n) is 5.36. The van der Waals surface area contributed by atoms with E-state index in [0.717, 1.165) is 27.0 Å². The van der Waals surface area contributed by atoms with Crippen LogP contribution in [0.2, 0.25) is 0 Å². The Morgan fingerprint density at radius 3 is 2.69 bits per heavy atom. The summed E-state index contributed by atoms with van der Waals surface area (Å²) in [7, 11) is 0. The summed E-state index contributed by atoms with van der Waals surface area (Å²) in [6, 6.07) is 17.0. The number of nitrogens with zero attached hydrogens (tertiary/aromatic N) is 3. The van der Waals surface area contributed by atoms with Gasteiger partial charge in [0, 0.05) is 24.1 Å². The average Bonchev–Trinajstić information content (AvgIpc) is 3.07. The Morgan fingerprint density at radius 1 is 1.19 bits per heavy atom. The zero-order chi connectivity index (χ0) is 18.4. The molecule has 3 rings (SSSR count). The van der Waals surface area contributed by atoms with Crippen molar-refractivity contribution in [3.8, 4) is 6.07 Å². The molecule has 1 aromatic heterocycles. The molecule has 0 saturated carbocycles. The Bertz CT molecular complexity index is 947. The van der Waals surface area contributed by atoms with E-state index in [-0.39, 0.29) is 5.91 Å². The average molecular weight is 381 g/mol. The smallest absolute Gasteiger partial charge is 0.221 e. The van der Waals surface area contributed by atoms with Crippen molar-refractivity contribution in [1.82, 2.24) is 10.2 Å². The lowest BCUT2D eigenvalue weighted by molar-refractivity contribution is -0.114. The van der Waals surface area contributed by atoms with E-state index in [4.69, 9.17) is 5.26 Å². The third-order valence-electron chi connectivity index (χ3n) is 3.29. The van der Waals surface area contributed by atoms with Gasteiger partial charge in [0.25, 0.3) is 0 Å². The van der Waals surface area contributed by atoms with Gasteiger partial charge in [0.15, 0.2) is 4.34 Å². The molecule has 0 aliphatic rings. The summed E-state index contributed by atoms with van der Waals surface area (Å²) in [5.74, 6) is 0.651. The van der Waals surface area contributed by atoms with Gasteiger partial charge in [-0.25, -0.2) is 0 Å². The van der Waals surface area contributed by atoms with Crippen LogP contribution in [0.25, 0.3) is 0 Å². The van der Waals surface area contributed by atoms with Crippen LogP contribution in [-0.4, -0.2) is 16.1 Å². The van der Waals surface area contributed by atoms with E-state index in [2.05, 4.69) is 26.9 Å². The second-order valence-corrected chi connectivity index (χ2v) is 7.56. The van der Waals surface area contributed by atoms with E-state index in [1.165, 1.54) is 18.3 Å². The van der Waals surface area contributed by atoms with E-state index < -0.39 is 0 Å². The number of carbonyl (C=O) groups excluding carboxylic acids is 1. The van der Waals surface area contributed by atoms with E-state index in [9.17, 15) is 4.79 Å². The summed E-state index contributed by atoms with van der Waals surface area (Å²) in [6.07, 6.45) is 0. The molecule has 26 heavy (non-hydrogen) atoms. The minimum atomic E-state index is -0.112. The fourth-order valence-electron chi connectivity index (χ4n) is 2.14. The number of nitriles is 1. The molecule has 0 atom stereocenters. The minimum Gasteiger partial charge on any atom is -0.330 e. The zero-order valence-electron chi connectivity index (χ0n) is 13.9. The maximum Gasteiger partial charge on any atom is 0.221 e. The number of carbonyl (C=O) groups is 1. The summed E-state index contributed by atoms with van der Waals surface area (Å²) in [6.45, 7) is 1.47. The van der Waals surface area contributed by atoms with Crippen LogP contribution in [0.4, 0.5) is 16.5 Å². The molecule has 2 N–H and O–H groups in total. The fraction of sp³-hybridized carbons (Fsp3) is 0.111. The summed E-state index contributed by atoms with van der Waals surface area (Å²) in [5, 5.41) is 23.8. The van der Waals surface area contributed by atoms with Crippen molar-refractivity contribution in [2.24, 2.45) is 0 Å². The summed E-state index contributed by atoms with van der Waals surface area (Å²) in [4.78, 5) is 11.1. The van der Waals surface area contributed by atoms with Gasteiger partial charge in [0.2, 0.25) is 11.0 Å². The van der Waals surface area contributed by atoms with Gasteiger partial charge in [-0.15, -0.1) is 10.2 Å². The van der Waals surface area contributed by atoms with Gasteiger partial charge in [-0.1, -0.05) is 41.3 Å². The molecule has 6 nitrogen and oxygen atoms in total. The molecule has 0 fully saturated rings. The Morgan fingerprint density at radius 2 is 1.96 bits per heavy atom. The first-order valence-electron chi connectivity index (χ1n) is 7.72. The number of aromatic nitrogens is 2. The molecule has 0 aliphatic carbocycles. The SMILES string of the molecule is CC(=O)Nc1cccc(Nc2nnc(SCc3ccc(C#N)cc3)s2)c1. The molecule has 0 radical (unpaired) electrons. The summed E-state index contributed by atoms with van der Waals surface area (Å²) >= 11 is 3.06. The lowest BCUT2D eigenvalue weighted by atomic mass is 10.2. The number of hydrogen-bond donors (Lipinski definition) is 2. The summed E-state index contributed by atoms with van der Waals surface area (Å²) < 4.78 is 0.856. The first-order valence-corrected chi connectivity index (χ1v) is 9.52. The quantitative estimate of drug-likeness (QED) is 0.615. The van der Waals surface area contributed by atoms with Crippen LogP contribution in [0.3, 0.4) is 0 Å². The predicted molar refractivity (Wildman–Crippen MR) is 105 cm³/mol. The van der Waals surface area contributed by atoms with Crippen LogP contribution in [0, 0.1) is 11.3 Å². The van der Waals surface area contributed by atoms with Crippen molar-refractivity contribution >= 4 is 45.5 Å². The minimum absolute atomic E-state index is 0.112. The molecule has 8 heteroatoms. The highest BCUT2D eigenvalue weighted by atomic mass is 32.2. The molecule has 2 aromatic carbocycles. The van der Waals surface area contributed by atoms with Gasteiger partial charge >= 0.3 is 0 Å².